The third kappa shape index (κ3) is 3.82. The molecule has 5 heteroatoms. The topological polar surface area (TPSA) is 62.5 Å². The zero-order valence-corrected chi connectivity index (χ0v) is 17.5. The van der Waals surface area contributed by atoms with E-state index in [0.29, 0.717) is 12.2 Å². The van der Waals surface area contributed by atoms with Gasteiger partial charge in [-0.3, -0.25) is 0 Å². The molecular weight excluding hydrogens is 381 g/mol. The van der Waals surface area contributed by atoms with Crippen LogP contribution < -0.4 is 4.74 Å². The van der Waals surface area contributed by atoms with Crippen LogP contribution >= 0.6 is 0 Å². The minimum atomic E-state index is -0.395. The van der Waals surface area contributed by atoms with Gasteiger partial charge in [-0.2, -0.15) is 5.26 Å². The minimum absolute atomic E-state index is 0.0155. The summed E-state index contributed by atoms with van der Waals surface area (Å²) >= 11 is 0. The summed E-state index contributed by atoms with van der Waals surface area (Å²) < 4.78 is 26.0. The lowest BCUT2D eigenvalue weighted by Crippen LogP contribution is -2.34. The smallest absolute Gasteiger partial charge is 0.123 e. The molecule has 30 heavy (non-hydrogen) atoms. The number of hydrogen-bond donors (Lipinski definition) is 1. The maximum absolute atomic E-state index is 13.5. The molecule has 158 valence electrons. The first-order valence-corrected chi connectivity index (χ1v) is 10.7. The molecule has 4 nitrogen and oxygen atoms in total. The zero-order chi connectivity index (χ0) is 21.3. The first-order chi connectivity index (χ1) is 14.5. The first kappa shape index (κ1) is 20.8. The fraction of sp³-hybridized carbons (Fsp3) is 0.480. The predicted molar refractivity (Wildman–Crippen MR) is 112 cm³/mol. The number of halogens is 1. The van der Waals surface area contributed by atoms with E-state index in [0.717, 1.165) is 36.1 Å². The SMILES string of the molecule is CC(C)Oc1ccc(C#N)cc1C1CO[C@]2(CC[C@H](CO)[C@H]2c2ccc(F)cc2)C1. The van der Waals surface area contributed by atoms with Crippen LogP contribution in [0.4, 0.5) is 4.39 Å². The van der Waals surface area contributed by atoms with Gasteiger partial charge in [0.1, 0.15) is 11.6 Å². The molecule has 1 saturated heterocycles. The van der Waals surface area contributed by atoms with Crippen molar-refractivity contribution in [3.63, 3.8) is 0 Å². The lowest BCUT2D eigenvalue weighted by molar-refractivity contribution is -0.0122. The van der Waals surface area contributed by atoms with Gasteiger partial charge in [0.05, 0.1) is 29.9 Å². The van der Waals surface area contributed by atoms with E-state index in [1.165, 1.54) is 12.1 Å². The van der Waals surface area contributed by atoms with E-state index in [9.17, 15) is 14.8 Å². The van der Waals surface area contributed by atoms with Gasteiger partial charge in [-0.05, 0) is 74.9 Å². The van der Waals surface area contributed by atoms with Gasteiger partial charge in [0, 0.05) is 24.0 Å². The third-order valence-corrected chi connectivity index (χ3v) is 6.55. The highest BCUT2D eigenvalue weighted by Gasteiger charge is 2.54. The van der Waals surface area contributed by atoms with Crippen LogP contribution in [0.15, 0.2) is 42.5 Å². The van der Waals surface area contributed by atoms with Gasteiger partial charge in [0.15, 0.2) is 0 Å². The molecule has 0 bridgehead atoms. The Kier molecular flexibility index (Phi) is 5.81. The molecule has 1 N–H and O–H groups in total. The van der Waals surface area contributed by atoms with Gasteiger partial charge < -0.3 is 14.6 Å². The Bertz CT molecular complexity index is 936. The number of nitriles is 1. The number of nitrogens with zero attached hydrogens (tertiary/aromatic N) is 1. The summed E-state index contributed by atoms with van der Waals surface area (Å²) in [7, 11) is 0. The van der Waals surface area contributed by atoms with E-state index < -0.39 is 5.60 Å². The molecule has 2 aromatic rings. The quantitative estimate of drug-likeness (QED) is 0.762. The highest BCUT2D eigenvalue weighted by molar-refractivity contribution is 5.45. The van der Waals surface area contributed by atoms with Crippen molar-refractivity contribution in [2.24, 2.45) is 5.92 Å². The van der Waals surface area contributed by atoms with Crippen molar-refractivity contribution < 1.29 is 19.0 Å². The Balaban J connectivity index is 1.67. The van der Waals surface area contributed by atoms with Gasteiger partial charge in [0.2, 0.25) is 0 Å². The van der Waals surface area contributed by atoms with Crippen molar-refractivity contribution in [1.29, 1.82) is 5.26 Å². The summed E-state index contributed by atoms with van der Waals surface area (Å²) in [6, 6.07) is 14.4. The fourth-order valence-electron chi connectivity index (χ4n) is 5.31. The molecule has 4 atom stereocenters. The molecule has 0 radical (unpaired) electrons. The van der Waals surface area contributed by atoms with Crippen LogP contribution in [0.3, 0.4) is 0 Å². The Morgan fingerprint density at radius 1 is 1.27 bits per heavy atom. The van der Waals surface area contributed by atoms with Crippen molar-refractivity contribution in [3.05, 3.63) is 65.0 Å². The average Bonchev–Trinajstić information content (AvgIpc) is 3.33. The number of benzene rings is 2. The van der Waals surface area contributed by atoms with Crippen molar-refractivity contribution in [2.45, 2.75) is 56.7 Å². The molecule has 1 saturated carbocycles. The Morgan fingerprint density at radius 3 is 2.70 bits per heavy atom. The standard InChI is InChI=1S/C25H28FNO3/c1-16(2)30-23-8-3-17(13-27)11-22(23)20-12-25(29-15-20)10-9-19(14-28)24(25)18-4-6-21(26)7-5-18/h3-8,11,16,19-20,24,28H,9-10,12,14-15H2,1-2H3/t19-,20?,24-,25-/m1/s1. The van der Waals surface area contributed by atoms with Crippen molar-refractivity contribution >= 4 is 0 Å². The second kappa shape index (κ2) is 8.37. The van der Waals surface area contributed by atoms with Crippen molar-refractivity contribution in [1.82, 2.24) is 0 Å². The number of aliphatic hydroxyl groups excluding tert-OH is 1. The van der Waals surface area contributed by atoms with Crippen LogP contribution in [0.25, 0.3) is 0 Å². The van der Waals surface area contributed by atoms with Crippen LogP contribution in [-0.4, -0.2) is 30.0 Å². The average molecular weight is 410 g/mol. The highest BCUT2D eigenvalue weighted by Crippen LogP contribution is 2.56. The maximum atomic E-state index is 13.5. The summed E-state index contributed by atoms with van der Waals surface area (Å²) in [6.07, 6.45) is 2.55. The zero-order valence-electron chi connectivity index (χ0n) is 17.5. The molecule has 2 aliphatic rings. The largest absolute Gasteiger partial charge is 0.491 e. The number of rotatable bonds is 5. The molecule has 4 rings (SSSR count). The molecule has 1 aliphatic heterocycles. The summed E-state index contributed by atoms with van der Waals surface area (Å²) in [6.45, 7) is 4.60. The molecule has 1 aliphatic carbocycles. The second-order valence-electron chi connectivity index (χ2n) is 8.82. The maximum Gasteiger partial charge on any atom is 0.123 e. The Morgan fingerprint density at radius 2 is 2.03 bits per heavy atom. The van der Waals surface area contributed by atoms with Crippen LogP contribution in [0.1, 0.15) is 61.6 Å². The van der Waals surface area contributed by atoms with Crippen LogP contribution in [-0.2, 0) is 4.74 Å². The Hall–Kier alpha value is -2.42. The van der Waals surface area contributed by atoms with Gasteiger partial charge in [-0.1, -0.05) is 12.1 Å². The summed E-state index contributed by atoms with van der Waals surface area (Å²) in [4.78, 5) is 0. The normalized spacial score (nSPS) is 28.2. The lowest BCUT2D eigenvalue weighted by atomic mass is 9.76. The van der Waals surface area contributed by atoms with Crippen LogP contribution in [0.5, 0.6) is 5.75 Å². The van der Waals surface area contributed by atoms with E-state index in [4.69, 9.17) is 9.47 Å². The summed E-state index contributed by atoms with van der Waals surface area (Å²) in [5.41, 5.74) is 2.23. The lowest BCUT2D eigenvalue weighted by Gasteiger charge is -2.33. The molecule has 1 heterocycles. The van der Waals surface area contributed by atoms with E-state index in [-0.39, 0.29) is 36.3 Å². The Labute approximate surface area is 177 Å². The third-order valence-electron chi connectivity index (χ3n) is 6.55. The summed E-state index contributed by atoms with van der Waals surface area (Å²) in [5, 5.41) is 19.4. The van der Waals surface area contributed by atoms with Crippen LogP contribution in [0, 0.1) is 23.1 Å². The van der Waals surface area contributed by atoms with Crippen molar-refractivity contribution in [2.75, 3.05) is 13.2 Å². The fourth-order valence-corrected chi connectivity index (χ4v) is 5.31. The predicted octanol–water partition coefficient (Wildman–Crippen LogP) is 4.91. The minimum Gasteiger partial charge on any atom is -0.491 e. The second-order valence-corrected chi connectivity index (χ2v) is 8.82. The van der Waals surface area contributed by atoms with Gasteiger partial charge >= 0.3 is 0 Å². The van der Waals surface area contributed by atoms with E-state index in [2.05, 4.69) is 6.07 Å². The first-order valence-electron chi connectivity index (χ1n) is 10.7. The number of ether oxygens (including phenoxy) is 2. The van der Waals surface area contributed by atoms with E-state index in [1.807, 2.05) is 38.1 Å². The van der Waals surface area contributed by atoms with Gasteiger partial charge in [-0.25, -0.2) is 4.39 Å². The molecule has 1 unspecified atom stereocenters. The molecule has 2 aromatic carbocycles. The van der Waals surface area contributed by atoms with Gasteiger partial charge in [0.25, 0.3) is 0 Å². The number of aliphatic hydroxyl groups is 1. The molecule has 2 fully saturated rings. The summed E-state index contributed by atoms with van der Waals surface area (Å²) in [5.74, 6) is 0.741. The molecule has 0 amide bonds. The van der Waals surface area contributed by atoms with Crippen molar-refractivity contribution in [3.8, 4) is 11.8 Å². The van der Waals surface area contributed by atoms with Crippen LogP contribution in [0.2, 0.25) is 0 Å². The van der Waals surface area contributed by atoms with E-state index in [1.54, 1.807) is 6.07 Å². The van der Waals surface area contributed by atoms with Gasteiger partial charge in [-0.15, -0.1) is 0 Å². The highest BCUT2D eigenvalue weighted by atomic mass is 19.1. The van der Waals surface area contributed by atoms with E-state index >= 15 is 0 Å². The number of hydrogen-bond acceptors (Lipinski definition) is 4. The molecular formula is C25H28FNO3. The monoisotopic (exact) mass is 409 g/mol. The molecule has 1 spiro atoms. The molecule has 0 aromatic heterocycles.